The molecule has 1 saturated heterocycles. The summed E-state index contributed by atoms with van der Waals surface area (Å²) in [5, 5.41) is 2.94. The zero-order valence-electron chi connectivity index (χ0n) is 18.8. The van der Waals surface area contributed by atoms with Gasteiger partial charge in [0.25, 0.3) is 5.91 Å². The number of para-hydroxylation sites is 2. The summed E-state index contributed by atoms with van der Waals surface area (Å²) in [4.78, 5) is 28.3. The van der Waals surface area contributed by atoms with E-state index in [1.807, 2.05) is 18.2 Å². The molecule has 8 heteroatoms. The lowest BCUT2D eigenvalue weighted by Gasteiger charge is -2.30. The van der Waals surface area contributed by atoms with E-state index in [0.29, 0.717) is 34.1 Å². The van der Waals surface area contributed by atoms with Crippen molar-refractivity contribution >= 4 is 11.9 Å². The van der Waals surface area contributed by atoms with Gasteiger partial charge in [0.15, 0.2) is 23.1 Å². The van der Waals surface area contributed by atoms with Gasteiger partial charge in [0.05, 0.1) is 20.8 Å². The van der Waals surface area contributed by atoms with E-state index >= 15 is 0 Å². The summed E-state index contributed by atoms with van der Waals surface area (Å²) in [7, 11) is 3.14. The van der Waals surface area contributed by atoms with E-state index in [1.165, 1.54) is 4.90 Å². The van der Waals surface area contributed by atoms with Crippen molar-refractivity contribution in [3.63, 3.8) is 0 Å². The molecule has 3 amide bonds. The Labute approximate surface area is 197 Å². The SMILES string of the molecule is COc1ccc(C2(c3ccc(OC)cc3)NC(=O)N(C[C@H]3COc4ccccc4O3)C2=O)cc1. The third-order valence-corrected chi connectivity index (χ3v) is 6.11. The number of urea groups is 1. The number of ether oxygens (including phenoxy) is 4. The molecule has 0 radical (unpaired) electrons. The maximum atomic E-state index is 14.0. The van der Waals surface area contributed by atoms with Gasteiger partial charge < -0.3 is 24.3 Å². The van der Waals surface area contributed by atoms with Gasteiger partial charge in [-0.3, -0.25) is 9.69 Å². The fraction of sp³-hybridized carbons (Fsp3) is 0.231. The summed E-state index contributed by atoms with van der Waals surface area (Å²) in [5.41, 5.74) is -0.167. The molecule has 0 unspecified atom stereocenters. The zero-order chi connectivity index (χ0) is 23.7. The van der Waals surface area contributed by atoms with Crippen LogP contribution in [0.15, 0.2) is 72.8 Å². The standard InChI is InChI=1S/C26H24N2O6/c1-31-19-11-7-17(8-12-19)26(18-9-13-20(32-2)14-10-18)24(29)28(25(30)27-26)15-21-16-33-22-5-3-4-6-23(22)34-21/h3-14,21H,15-16H2,1-2H3,(H,27,30)/t21-/m0/s1. The van der Waals surface area contributed by atoms with E-state index in [1.54, 1.807) is 68.8 Å². The molecule has 5 rings (SSSR count). The number of carbonyl (C=O) groups excluding carboxylic acids is 2. The summed E-state index contributed by atoms with van der Waals surface area (Å²) in [6.07, 6.45) is -0.493. The van der Waals surface area contributed by atoms with E-state index < -0.39 is 23.6 Å². The second-order valence-corrected chi connectivity index (χ2v) is 8.05. The molecule has 1 N–H and O–H groups in total. The lowest BCUT2D eigenvalue weighted by molar-refractivity contribution is -0.131. The van der Waals surface area contributed by atoms with Crippen molar-refractivity contribution in [2.45, 2.75) is 11.6 Å². The highest BCUT2D eigenvalue weighted by Crippen LogP contribution is 2.38. The van der Waals surface area contributed by atoms with Crippen LogP contribution in [0.1, 0.15) is 11.1 Å². The van der Waals surface area contributed by atoms with Crippen LogP contribution >= 0.6 is 0 Å². The summed E-state index contributed by atoms with van der Waals surface area (Å²) in [5.74, 6) is 2.13. The summed E-state index contributed by atoms with van der Waals surface area (Å²) in [6.45, 7) is 0.277. The van der Waals surface area contributed by atoms with Crippen molar-refractivity contribution in [1.82, 2.24) is 10.2 Å². The van der Waals surface area contributed by atoms with Gasteiger partial charge in [-0.25, -0.2) is 4.79 Å². The maximum Gasteiger partial charge on any atom is 0.325 e. The van der Waals surface area contributed by atoms with Crippen LogP contribution in [0.25, 0.3) is 0 Å². The fourth-order valence-corrected chi connectivity index (χ4v) is 4.34. The summed E-state index contributed by atoms with van der Waals surface area (Å²) < 4.78 is 22.3. The number of rotatable bonds is 6. The second-order valence-electron chi connectivity index (χ2n) is 8.05. The average molecular weight is 460 g/mol. The predicted molar refractivity (Wildman–Crippen MR) is 123 cm³/mol. The number of hydrogen-bond donors (Lipinski definition) is 1. The van der Waals surface area contributed by atoms with E-state index in [-0.39, 0.29) is 13.2 Å². The van der Waals surface area contributed by atoms with Gasteiger partial charge in [-0.2, -0.15) is 0 Å². The second kappa shape index (κ2) is 8.62. The number of amides is 3. The lowest BCUT2D eigenvalue weighted by Crippen LogP contribution is -2.47. The Morgan fingerprint density at radius 2 is 1.44 bits per heavy atom. The number of nitrogens with zero attached hydrogens (tertiary/aromatic N) is 1. The molecule has 0 spiro atoms. The highest BCUT2D eigenvalue weighted by molar-refractivity contribution is 6.09. The molecular weight excluding hydrogens is 436 g/mol. The first-order valence-electron chi connectivity index (χ1n) is 10.9. The van der Waals surface area contributed by atoms with Gasteiger partial charge in [0.1, 0.15) is 18.1 Å². The van der Waals surface area contributed by atoms with E-state index in [0.717, 1.165) is 0 Å². The van der Waals surface area contributed by atoms with Gasteiger partial charge >= 0.3 is 6.03 Å². The van der Waals surface area contributed by atoms with Crippen LogP contribution in [0, 0.1) is 0 Å². The van der Waals surface area contributed by atoms with Crippen molar-refractivity contribution in [3.05, 3.63) is 83.9 Å². The molecule has 0 aliphatic carbocycles. The molecule has 2 aliphatic rings. The van der Waals surface area contributed by atoms with Gasteiger partial charge in [0, 0.05) is 0 Å². The first kappa shape index (κ1) is 21.6. The first-order valence-corrected chi connectivity index (χ1v) is 10.9. The molecule has 0 saturated carbocycles. The number of methoxy groups -OCH3 is 2. The van der Waals surface area contributed by atoms with Crippen LogP contribution in [-0.4, -0.2) is 50.3 Å². The molecule has 3 aromatic rings. The minimum absolute atomic E-state index is 0.0487. The minimum Gasteiger partial charge on any atom is -0.497 e. The third kappa shape index (κ3) is 3.57. The van der Waals surface area contributed by atoms with Gasteiger partial charge in [-0.15, -0.1) is 0 Å². The first-order chi connectivity index (χ1) is 16.5. The quantitative estimate of drug-likeness (QED) is 0.568. The molecule has 0 bridgehead atoms. The predicted octanol–water partition coefficient (Wildman–Crippen LogP) is 3.34. The van der Waals surface area contributed by atoms with Crippen LogP contribution in [0.4, 0.5) is 4.79 Å². The van der Waals surface area contributed by atoms with E-state index in [4.69, 9.17) is 18.9 Å². The molecule has 1 fully saturated rings. The number of carbonyl (C=O) groups is 2. The number of imide groups is 1. The van der Waals surface area contributed by atoms with Crippen molar-refractivity contribution in [3.8, 4) is 23.0 Å². The Bertz CT molecular complexity index is 1160. The number of nitrogens with one attached hydrogen (secondary N) is 1. The fourth-order valence-electron chi connectivity index (χ4n) is 4.34. The minimum atomic E-state index is -1.40. The smallest absolute Gasteiger partial charge is 0.325 e. The maximum absolute atomic E-state index is 14.0. The summed E-state index contributed by atoms with van der Waals surface area (Å²) in [6, 6.07) is 21.0. The van der Waals surface area contributed by atoms with Crippen LogP contribution in [0.5, 0.6) is 23.0 Å². The highest BCUT2D eigenvalue weighted by Gasteiger charge is 2.54. The number of benzene rings is 3. The molecule has 34 heavy (non-hydrogen) atoms. The van der Waals surface area contributed by atoms with Crippen LogP contribution in [0.2, 0.25) is 0 Å². The lowest BCUT2D eigenvalue weighted by atomic mass is 9.82. The van der Waals surface area contributed by atoms with Crippen molar-refractivity contribution in [2.75, 3.05) is 27.4 Å². The van der Waals surface area contributed by atoms with Gasteiger partial charge in [-0.1, -0.05) is 36.4 Å². The molecule has 0 aromatic heterocycles. The topological polar surface area (TPSA) is 86.3 Å². The third-order valence-electron chi connectivity index (χ3n) is 6.11. The van der Waals surface area contributed by atoms with Gasteiger partial charge in [-0.05, 0) is 47.5 Å². The van der Waals surface area contributed by atoms with Crippen molar-refractivity contribution in [1.29, 1.82) is 0 Å². The molecule has 8 nitrogen and oxygen atoms in total. The Morgan fingerprint density at radius 3 is 2.00 bits per heavy atom. The Hall–Kier alpha value is -4.20. The van der Waals surface area contributed by atoms with Crippen molar-refractivity contribution in [2.24, 2.45) is 0 Å². The highest BCUT2D eigenvalue weighted by atomic mass is 16.6. The molecule has 174 valence electrons. The molecule has 3 aromatic carbocycles. The molecular formula is C26H24N2O6. The van der Waals surface area contributed by atoms with E-state index in [9.17, 15) is 9.59 Å². The molecule has 1 atom stereocenters. The van der Waals surface area contributed by atoms with Crippen molar-refractivity contribution < 1.29 is 28.5 Å². The Kier molecular flexibility index (Phi) is 5.49. The Morgan fingerprint density at radius 1 is 0.882 bits per heavy atom. The number of hydrogen-bond acceptors (Lipinski definition) is 6. The summed E-state index contributed by atoms with van der Waals surface area (Å²) >= 11 is 0. The number of fused-ring (bicyclic) bond motifs is 1. The Balaban J connectivity index is 1.49. The van der Waals surface area contributed by atoms with Crippen LogP contribution < -0.4 is 24.3 Å². The zero-order valence-corrected chi connectivity index (χ0v) is 18.8. The largest absolute Gasteiger partial charge is 0.497 e. The van der Waals surface area contributed by atoms with E-state index in [2.05, 4.69) is 5.32 Å². The monoisotopic (exact) mass is 460 g/mol. The molecule has 2 aliphatic heterocycles. The molecule has 2 heterocycles. The normalized spacial score (nSPS) is 18.4. The van der Waals surface area contributed by atoms with Gasteiger partial charge in [0.2, 0.25) is 0 Å². The average Bonchev–Trinajstić information content (AvgIpc) is 3.14. The van der Waals surface area contributed by atoms with Crippen LogP contribution in [0.3, 0.4) is 0 Å². The van der Waals surface area contributed by atoms with Crippen LogP contribution in [-0.2, 0) is 10.3 Å².